The minimum Gasteiger partial charge on any atom is -0.485 e. The summed E-state index contributed by atoms with van der Waals surface area (Å²) in [4.78, 5) is 12.3. The van der Waals surface area contributed by atoms with Crippen LogP contribution in [0.5, 0.6) is 11.5 Å². The molecule has 0 unspecified atom stereocenters. The number of amides is 1. The molecular weight excluding hydrogens is 381 g/mol. The lowest BCUT2D eigenvalue weighted by Crippen LogP contribution is -2.21. The lowest BCUT2D eigenvalue weighted by Gasteiger charge is -2.23. The number of aromatic nitrogens is 2. The average Bonchev–Trinajstić information content (AvgIpc) is 3.09. The number of nitrogens with zero attached hydrogens (tertiary/aromatic N) is 2. The van der Waals surface area contributed by atoms with Crippen LogP contribution in [-0.2, 0) is 0 Å². The molecule has 26 heavy (non-hydrogen) atoms. The van der Waals surface area contributed by atoms with E-state index in [0.29, 0.717) is 21.5 Å². The van der Waals surface area contributed by atoms with Crippen molar-refractivity contribution in [2.45, 2.75) is 6.10 Å². The van der Waals surface area contributed by atoms with Gasteiger partial charge in [0.25, 0.3) is 11.8 Å². The van der Waals surface area contributed by atoms with Gasteiger partial charge in [-0.05, 0) is 30.3 Å². The quantitative estimate of drug-likeness (QED) is 0.721. The molecule has 1 aliphatic heterocycles. The fourth-order valence-electron chi connectivity index (χ4n) is 2.41. The minimum absolute atomic E-state index is 0.0662. The number of benzene rings is 2. The average molecular weight is 392 g/mol. The van der Waals surface area contributed by atoms with Crippen molar-refractivity contribution in [1.29, 1.82) is 0 Å². The van der Waals surface area contributed by atoms with Crippen LogP contribution in [0.15, 0.2) is 46.9 Å². The fraction of sp³-hybridized carbons (Fsp3) is 0.118. The highest BCUT2D eigenvalue weighted by Gasteiger charge is 2.27. The van der Waals surface area contributed by atoms with Crippen LogP contribution in [0, 0.1) is 0 Å². The maximum atomic E-state index is 12.3. The number of nitrogens with one attached hydrogen (secondary N) is 1. The maximum absolute atomic E-state index is 12.3. The monoisotopic (exact) mass is 391 g/mol. The van der Waals surface area contributed by atoms with Gasteiger partial charge in [0.1, 0.15) is 6.61 Å². The standard InChI is InChI=1S/C17H11Cl2N3O4/c18-10-5-9(6-11(19)7-10)15(23)20-17-22-21-16(26-17)14-8-24-12-3-1-2-4-13(12)25-14/h1-7,14H,8H2,(H,20,22,23)/t14-/m0/s1. The van der Waals surface area contributed by atoms with Crippen molar-refractivity contribution in [3.63, 3.8) is 0 Å². The summed E-state index contributed by atoms with van der Waals surface area (Å²) in [5.41, 5.74) is 0.272. The highest BCUT2D eigenvalue weighted by atomic mass is 35.5. The number of hydrogen-bond donors (Lipinski definition) is 1. The number of hydrogen-bond acceptors (Lipinski definition) is 6. The lowest BCUT2D eigenvalue weighted by molar-refractivity contribution is 0.0716. The number of halogens is 2. The topological polar surface area (TPSA) is 86.5 Å². The van der Waals surface area contributed by atoms with Gasteiger partial charge in [0.15, 0.2) is 11.5 Å². The van der Waals surface area contributed by atoms with Crippen molar-refractivity contribution >= 4 is 35.1 Å². The summed E-state index contributed by atoms with van der Waals surface area (Å²) in [6, 6.07) is 11.7. The molecule has 1 atom stereocenters. The second-order valence-electron chi connectivity index (χ2n) is 5.42. The second kappa shape index (κ2) is 6.86. The van der Waals surface area contributed by atoms with Crippen LogP contribution < -0.4 is 14.8 Å². The summed E-state index contributed by atoms with van der Waals surface area (Å²) in [6.45, 7) is 0.219. The molecule has 7 nitrogen and oxygen atoms in total. The molecule has 2 heterocycles. The van der Waals surface area contributed by atoms with Crippen LogP contribution in [-0.4, -0.2) is 22.7 Å². The smallest absolute Gasteiger partial charge is 0.322 e. The highest BCUT2D eigenvalue weighted by molar-refractivity contribution is 6.35. The van der Waals surface area contributed by atoms with E-state index in [1.54, 1.807) is 12.1 Å². The summed E-state index contributed by atoms with van der Waals surface area (Å²) >= 11 is 11.8. The molecule has 1 N–H and O–H groups in total. The van der Waals surface area contributed by atoms with E-state index in [-0.39, 0.29) is 24.1 Å². The zero-order chi connectivity index (χ0) is 18.1. The Morgan fingerprint density at radius 2 is 1.81 bits per heavy atom. The number of rotatable bonds is 3. The van der Waals surface area contributed by atoms with Gasteiger partial charge >= 0.3 is 6.01 Å². The van der Waals surface area contributed by atoms with Crippen LogP contribution in [0.4, 0.5) is 6.01 Å². The summed E-state index contributed by atoms with van der Waals surface area (Å²) < 4.78 is 16.9. The zero-order valence-electron chi connectivity index (χ0n) is 13.1. The minimum atomic E-state index is -0.566. The molecule has 9 heteroatoms. The van der Waals surface area contributed by atoms with Crippen LogP contribution >= 0.6 is 23.2 Å². The van der Waals surface area contributed by atoms with Crippen LogP contribution in [0.3, 0.4) is 0 Å². The molecular formula is C17H11Cl2N3O4. The molecule has 1 aliphatic rings. The van der Waals surface area contributed by atoms with E-state index in [0.717, 1.165) is 0 Å². The van der Waals surface area contributed by atoms with Crippen molar-refractivity contribution in [3.8, 4) is 11.5 Å². The van der Waals surface area contributed by atoms with Crippen molar-refractivity contribution in [1.82, 2.24) is 10.2 Å². The van der Waals surface area contributed by atoms with Gasteiger partial charge in [-0.2, -0.15) is 0 Å². The summed E-state index contributed by atoms with van der Waals surface area (Å²) in [5.74, 6) is 0.949. The number of fused-ring (bicyclic) bond motifs is 1. The molecule has 1 amide bonds. The van der Waals surface area contributed by atoms with Gasteiger partial charge in [-0.3, -0.25) is 10.1 Å². The number of carbonyl (C=O) groups excluding carboxylic acids is 1. The lowest BCUT2D eigenvalue weighted by atomic mass is 10.2. The molecule has 0 saturated carbocycles. The summed E-state index contributed by atoms with van der Waals surface area (Å²) in [7, 11) is 0. The largest absolute Gasteiger partial charge is 0.485 e. The summed E-state index contributed by atoms with van der Waals surface area (Å²) in [6.07, 6.45) is -0.566. The van der Waals surface area contributed by atoms with Crippen molar-refractivity contribution in [2.24, 2.45) is 0 Å². The van der Waals surface area contributed by atoms with E-state index in [2.05, 4.69) is 15.5 Å². The first kappa shape index (κ1) is 16.7. The van der Waals surface area contributed by atoms with Crippen molar-refractivity contribution in [3.05, 3.63) is 64.0 Å². The molecule has 0 spiro atoms. The van der Waals surface area contributed by atoms with E-state index in [1.165, 1.54) is 18.2 Å². The third-order valence-corrected chi connectivity index (χ3v) is 4.01. The van der Waals surface area contributed by atoms with Crippen LogP contribution in [0.1, 0.15) is 22.4 Å². The molecule has 4 rings (SSSR count). The predicted molar refractivity (Wildman–Crippen MR) is 94.0 cm³/mol. The van der Waals surface area contributed by atoms with E-state index >= 15 is 0 Å². The number of ether oxygens (including phenoxy) is 2. The van der Waals surface area contributed by atoms with Gasteiger partial charge in [0, 0.05) is 15.6 Å². The Morgan fingerprint density at radius 3 is 2.58 bits per heavy atom. The maximum Gasteiger partial charge on any atom is 0.322 e. The summed E-state index contributed by atoms with van der Waals surface area (Å²) in [5, 5.41) is 10.9. The normalized spacial score (nSPS) is 15.5. The zero-order valence-corrected chi connectivity index (χ0v) is 14.6. The van der Waals surface area contributed by atoms with E-state index in [1.807, 2.05) is 12.1 Å². The third-order valence-electron chi connectivity index (χ3n) is 3.57. The fourth-order valence-corrected chi connectivity index (χ4v) is 2.94. The van der Waals surface area contributed by atoms with Crippen LogP contribution in [0.25, 0.3) is 0 Å². The first-order valence-electron chi connectivity index (χ1n) is 7.58. The number of anilines is 1. The van der Waals surface area contributed by atoms with Gasteiger partial charge in [-0.1, -0.05) is 40.4 Å². The van der Waals surface area contributed by atoms with Gasteiger partial charge in [0.2, 0.25) is 6.10 Å². The Labute approximate surface area is 157 Å². The first-order valence-corrected chi connectivity index (χ1v) is 8.33. The Hall–Kier alpha value is -2.77. The Balaban J connectivity index is 1.47. The van der Waals surface area contributed by atoms with Crippen LogP contribution in [0.2, 0.25) is 10.0 Å². The van der Waals surface area contributed by atoms with E-state index < -0.39 is 12.0 Å². The van der Waals surface area contributed by atoms with Gasteiger partial charge < -0.3 is 13.9 Å². The number of para-hydroxylation sites is 2. The molecule has 2 aromatic carbocycles. The van der Waals surface area contributed by atoms with E-state index in [9.17, 15) is 4.79 Å². The van der Waals surface area contributed by atoms with Gasteiger partial charge in [-0.15, -0.1) is 5.10 Å². The third kappa shape index (κ3) is 3.44. The highest BCUT2D eigenvalue weighted by Crippen LogP contribution is 2.35. The van der Waals surface area contributed by atoms with E-state index in [4.69, 9.17) is 37.1 Å². The molecule has 0 saturated heterocycles. The molecule has 1 aromatic heterocycles. The molecule has 0 fully saturated rings. The molecule has 132 valence electrons. The first-order chi connectivity index (χ1) is 12.6. The number of carbonyl (C=O) groups is 1. The second-order valence-corrected chi connectivity index (χ2v) is 6.29. The van der Waals surface area contributed by atoms with Gasteiger partial charge in [0.05, 0.1) is 0 Å². The Bertz CT molecular complexity index is 956. The van der Waals surface area contributed by atoms with Crippen molar-refractivity contribution < 1.29 is 18.7 Å². The molecule has 3 aromatic rings. The van der Waals surface area contributed by atoms with Gasteiger partial charge in [-0.25, -0.2) is 0 Å². The predicted octanol–water partition coefficient (Wildman–Crippen LogP) is 4.14. The Morgan fingerprint density at radius 1 is 1.08 bits per heavy atom. The molecule has 0 radical (unpaired) electrons. The van der Waals surface area contributed by atoms with Crippen molar-refractivity contribution in [2.75, 3.05) is 11.9 Å². The molecule has 0 bridgehead atoms. The SMILES string of the molecule is O=C(Nc1nnc([C@@H]2COc3ccccc3O2)o1)c1cc(Cl)cc(Cl)c1. The Kier molecular flexibility index (Phi) is 4.40. The molecule has 0 aliphatic carbocycles.